The number of hydrogen-bond acceptors (Lipinski definition) is 4. The summed E-state index contributed by atoms with van der Waals surface area (Å²) in [4.78, 5) is 24.8. The zero-order chi connectivity index (χ0) is 21.7. The molecule has 30 heavy (non-hydrogen) atoms. The molecule has 3 rings (SSSR count). The van der Waals surface area contributed by atoms with Gasteiger partial charge in [0, 0.05) is 25.9 Å². The van der Waals surface area contributed by atoms with Crippen molar-refractivity contribution in [2.75, 3.05) is 5.32 Å². The Morgan fingerprint density at radius 3 is 2.43 bits per heavy atom. The molecule has 0 aliphatic heterocycles. The highest BCUT2D eigenvalue weighted by Gasteiger charge is 2.10. The lowest BCUT2D eigenvalue weighted by Crippen LogP contribution is -2.18. The lowest BCUT2D eigenvalue weighted by atomic mass is 10.1. The molecule has 0 radical (unpaired) electrons. The zero-order valence-corrected chi connectivity index (χ0v) is 20.1. The summed E-state index contributed by atoms with van der Waals surface area (Å²) in [6.45, 7) is 1.95. The van der Waals surface area contributed by atoms with Crippen LogP contribution in [-0.2, 0) is 0 Å². The van der Waals surface area contributed by atoms with E-state index >= 15 is 0 Å². The summed E-state index contributed by atoms with van der Waals surface area (Å²) >= 11 is 4.17. The summed E-state index contributed by atoms with van der Waals surface area (Å²) in [7, 11) is 0. The molecule has 0 aliphatic rings. The lowest BCUT2D eigenvalue weighted by Gasteiger charge is -2.07. The minimum absolute atomic E-state index is 0.106. The number of halogens is 2. The van der Waals surface area contributed by atoms with Crippen LogP contribution in [0, 0.1) is 14.1 Å². The third-order valence-corrected chi connectivity index (χ3v) is 5.57. The number of carbonyl (C=O) groups is 2. The molecule has 0 saturated heterocycles. The first-order chi connectivity index (χ1) is 14.3. The molecule has 3 N–H and O–H groups in total. The van der Waals surface area contributed by atoms with Gasteiger partial charge >= 0.3 is 0 Å². The Bertz CT molecular complexity index is 1130. The highest BCUT2D eigenvalue weighted by atomic mass is 127. The number of anilines is 1. The van der Waals surface area contributed by atoms with E-state index in [2.05, 4.69) is 38.4 Å². The van der Waals surface area contributed by atoms with Gasteiger partial charge in [-0.1, -0.05) is 23.8 Å². The number of phenolic OH excluding ortho intramolecular Hbond substituents is 1. The normalized spacial score (nSPS) is 10.8. The van der Waals surface area contributed by atoms with Crippen molar-refractivity contribution in [1.29, 1.82) is 0 Å². The fourth-order valence-corrected chi connectivity index (χ4v) is 4.45. The maximum absolute atomic E-state index is 12.4. The van der Waals surface area contributed by atoms with Gasteiger partial charge < -0.3 is 10.4 Å². The largest absolute Gasteiger partial charge is 0.506 e. The maximum Gasteiger partial charge on any atom is 0.271 e. The van der Waals surface area contributed by atoms with Gasteiger partial charge in [-0.15, -0.1) is 0 Å². The first kappa shape index (κ1) is 22.2. The van der Waals surface area contributed by atoms with Gasteiger partial charge in [-0.2, -0.15) is 5.10 Å². The minimum atomic E-state index is -0.433. The summed E-state index contributed by atoms with van der Waals surface area (Å²) in [6, 6.07) is 17.4. The lowest BCUT2D eigenvalue weighted by molar-refractivity contribution is 0.0953. The summed E-state index contributed by atoms with van der Waals surface area (Å²) in [6.07, 6.45) is 1.39. The van der Waals surface area contributed by atoms with Gasteiger partial charge in [0.25, 0.3) is 11.8 Å². The second-order valence-corrected chi connectivity index (χ2v) is 8.83. The highest BCUT2D eigenvalue weighted by Crippen LogP contribution is 2.25. The van der Waals surface area contributed by atoms with E-state index in [1.165, 1.54) is 6.21 Å². The predicted molar refractivity (Wildman–Crippen MR) is 134 cm³/mol. The SMILES string of the molecule is Cc1ccc(C(=O)Nc2cccc(C(=O)N/N=C\c3cc(I)cc(I)c3O)c2)cc1. The Kier molecular flexibility index (Phi) is 7.43. The highest BCUT2D eigenvalue weighted by molar-refractivity contribution is 14.1. The molecule has 152 valence electrons. The van der Waals surface area contributed by atoms with E-state index in [0.29, 0.717) is 25.9 Å². The number of carbonyl (C=O) groups excluding carboxylic acids is 2. The van der Waals surface area contributed by atoms with Crippen molar-refractivity contribution in [3.63, 3.8) is 0 Å². The Morgan fingerprint density at radius 2 is 1.70 bits per heavy atom. The fraction of sp³-hybridized carbons (Fsp3) is 0.0455. The molecule has 0 spiro atoms. The smallest absolute Gasteiger partial charge is 0.271 e. The molecular weight excluding hydrogens is 608 g/mol. The molecule has 0 fully saturated rings. The molecular formula is C22H17I2N3O3. The van der Waals surface area contributed by atoms with E-state index in [1.54, 1.807) is 42.5 Å². The van der Waals surface area contributed by atoms with Gasteiger partial charge in [0.2, 0.25) is 0 Å². The Balaban J connectivity index is 1.67. The van der Waals surface area contributed by atoms with Crippen molar-refractivity contribution < 1.29 is 14.7 Å². The van der Waals surface area contributed by atoms with Crippen LogP contribution in [0.2, 0.25) is 0 Å². The summed E-state index contributed by atoms with van der Waals surface area (Å²) in [5, 5.41) is 16.8. The van der Waals surface area contributed by atoms with Crippen molar-refractivity contribution in [1.82, 2.24) is 5.43 Å². The van der Waals surface area contributed by atoms with Crippen LogP contribution in [0.4, 0.5) is 5.69 Å². The van der Waals surface area contributed by atoms with Crippen molar-refractivity contribution in [2.24, 2.45) is 5.10 Å². The molecule has 2 amide bonds. The van der Waals surface area contributed by atoms with Crippen LogP contribution >= 0.6 is 45.2 Å². The van der Waals surface area contributed by atoms with E-state index in [1.807, 2.05) is 47.7 Å². The molecule has 0 unspecified atom stereocenters. The Hall–Kier alpha value is -2.47. The molecule has 3 aromatic rings. The third-order valence-electron chi connectivity index (χ3n) is 4.12. The molecule has 0 atom stereocenters. The average Bonchev–Trinajstić information content (AvgIpc) is 2.72. The van der Waals surface area contributed by atoms with Gasteiger partial charge in [0.05, 0.1) is 9.78 Å². The minimum Gasteiger partial charge on any atom is -0.506 e. The molecule has 3 aromatic carbocycles. The Labute approximate surface area is 201 Å². The predicted octanol–water partition coefficient (Wildman–Crippen LogP) is 4.93. The molecule has 6 nitrogen and oxygen atoms in total. The standard InChI is InChI=1S/C22H17I2N3O3/c1-13-5-7-14(8-6-13)21(29)26-18-4-2-3-15(10-18)22(30)27-25-12-16-9-17(23)11-19(24)20(16)28/h2-12,28H,1H3,(H,26,29)(H,27,30)/b25-12-. The maximum atomic E-state index is 12.4. The molecule has 0 aliphatic carbocycles. The molecule has 8 heteroatoms. The van der Waals surface area contributed by atoms with E-state index in [9.17, 15) is 14.7 Å². The van der Waals surface area contributed by atoms with Gasteiger partial charge in [-0.05, 0) is 94.6 Å². The monoisotopic (exact) mass is 625 g/mol. The number of hydrogen-bond donors (Lipinski definition) is 3. The van der Waals surface area contributed by atoms with Crippen molar-refractivity contribution in [3.8, 4) is 5.75 Å². The summed E-state index contributed by atoms with van der Waals surface area (Å²) < 4.78 is 1.64. The third kappa shape index (κ3) is 5.79. The van der Waals surface area contributed by atoms with E-state index in [-0.39, 0.29) is 11.7 Å². The summed E-state index contributed by atoms with van der Waals surface area (Å²) in [5.74, 6) is -0.582. The van der Waals surface area contributed by atoms with Crippen LogP contribution in [0.3, 0.4) is 0 Å². The number of phenols is 1. The Morgan fingerprint density at radius 1 is 0.967 bits per heavy atom. The van der Waals surface area contributed by atoms with Crippen molar-refractivity contribution in [3.05, 3.63) is 90.1 Å². The second kappa shape index (κ2) is 10.0. The van der Waals surface area contributed by atoms with Crippen LogP contribution in [0.15, 0.2) is 65.8 Å². The molecule has 0 bridgehead atoms. The number of nitrogens with zero attached hydrogens (tertiary/aromatic N) is 1. The number of rotatable bonds is 5. The van der Waals surface area contributed by atoms with E-state index in [4.69, 9.17) is 0 Å². The molecule has 0 aromatic heterocycles. The van der Waals surface area contributed by atoms with Crippen molar-refractivity contribution in [2.45, 2.75) is 6.92 Å². The first-order valence-corrected chi connectivity index (χ1v) is 11.0. The van der Waals surface area contributed by atoms with Gasteiger partial charge in [0.15, 0.2) is 0 Å². The van der Waals surface area contributed by atoms with Crippen molar-refractivity contribution >= 4 is 68.9 Å². The fourth-order valence-electron chi connectivity index (χ4n) is 2.56. The molecule has 0 heterocycles. The van der Waals surface area contributed by atoms with Crippen LogP contribution in [0.25, 0.3) is 0 Å². The average molecular weight is 625 g/mol. The van der Waals surface area contributed by atoms with Gasteiger partial charge in [-0.25, -0.2) is 5.43 Å². The van der Waals surface area contributed by atoms with Gasteiger partial charge in [0.1, 0.15) is 5.75 Å². The van der Waals surface area contributed by atoms with Gasteiger partial charge in [-0.3, -0.25) is 9.59 Å². The quantitative estimate of drug-likeness (QED) is 0.214. The van der Waals surface area contributed by atoms with Crippen LogP contribution < -0.4 is 10.7 Å². The number of aryl methyl sites for hydroxylation is 1. The molecule has 0 saturated carbocycles. The number of nitrogens with one attached hydrogen (secondary N) is 2. The second-order valence-electron chi connectivity index (χ2n) is 6.43. The van der Waals surface area contributed by atoms with Crippen LogP contribution in [-0.4, -0.2) is 23.1 Å². The zero-order valence-electron chi connectivity index (χ0n) is 15.8. The number of aromatic hydroxyl groups is 1. The topological polar surface area (TPSA) is 90.8 Å². The number of amides is 2. The number of benzene rings is 3. The van der Waals surface area contributed by atoms with Crippen LogP contribution in [0.1, 0.15) is 31.8 Å². The summed E-state index contributed by atoms with van der Waals surface area (Å²) in [5.41, 5.74) is 5.39. The number of hydrazone groups is 1. The first-order valence-electron chi connectivity index (χ1n) is 8.83. The van der Waals surface area contributed by atoms with Crippen LogP contribution in [0.5, 0.6) is 5.75 Å². The van der Waals surface area contributed by atoms with E-state index in [0.717, 1.165) is 9.13 Å². The van der Waals surface area contributed by atoms with E-state index < -0.39 is 5.91 Å².